The zero-order valence-electron chi connectivity index (χ0n) is 67.2. The van der Waals surface area contributed by atoms with Gasteiger partial charge in [-0.25, -0.2) is 19.9 Å². The number of unbranched alkanes of at least 4 members (excludes halogenated alkanes) is 2. The van der Waals surface area contributed by atoms with Gasteiger partial charge in [-0.1, -0.05) is 53.4 Å². The second-order valence-corrected chi connectivity index (χ2v) is 39.6. The van der Waals surface area contributed by atoms with Crippen molar-refractivity contribution in [2.45, 2.75) is 238 Å². The molecule has 1 amide bonds. The molecule has 0 radical (unpaired) electrons. The summed E-state index contributed by atoms with van der Waals surface area (Å²) in [6.07, 6.45) is 21.6. The standard InChI is InChI=1S/C23H29N3O2S2.2C23H29N3OS2.C18H19N3OS2/c1-14-11-19-22(15(2)25-14)26-23(30-19)21-17-8-9-24-13-20(17)29-18(21)12-16(27)7-5-4-6-10-28-3;1-13(2)6-5-7-16(27)11-18-21(17-8-9-24-12-20(17)28-18)23-26-22-15(4)25-14(3)10-19(22)29-23;1-4-14(2)6-5-7-16(27)12-19-21(17-8-10-24-13-20(17)28-19)23-26-22-15(3)25-11-9-18(22)29-23;1-9-8-14-16(10(2)19-9)21-18(24-14)15-12-6-4-5-7-13(12)23-17(15)20-11(3)22/h11,24H,4-10,12-13H2,1-3H3;10,13,24H,5-9,11-12H2,1-4H3;9,11,14,24H,4-8,10,12-13H2,1-3H3;8H,4-7H2,1-3H3,(H,20,22)/t;;14-;/m..0./s1. The van der Waals surface area contributed by atoms with Crippen molar-refractivity contribution in [1.82, 2.24) is 55.8 Å². The molecule has 12 aromatic rings. The van der Waals surface area contributed by atoms with Crippen molar-refractivity contribution in [2.75, 3.05) is 38.7 Å². The summed E-state index contributed by atoms with van der Waals surface area (Å²) in [5.41, 5.74) is 21.4. The van der Waals surface area contributed by atoms with Crippen LogP contribution in [0.5, 0.6) is 0 Å². The van der Waals surface area contributed by atoms with Crippen molar-refractivity contribution in [2.24, 2.45) is 11.8 Å². The number of amides is 1. The lowest BCUT2D eigenvalue weighted by molar-refractivity contribution is -0.119. The van der Waals surface area contributed by atoms with Crippen LogP contribution >= 0.6 is 90.7 Å². The lowest BCUT2D eigenvalue weighted by atomic mass is 9.96. The summed E-state index contributed by atoms with van der Waals surface area (Å²) in [6.45, 7) is 31.1. The lowest BCUT2D eigenvalue weighted by Gasteiger charge is -2.13. The van der Waals surface area contributed by atoms with Crippen LogP contribution < -0.4 is 21.3 Å². The van der Waals surface area contributed by atoms with Gasteiger partial charge in [-0.3, -0.25) is 39.1 Å². The molecular formula is C87H106N12O5S8. The molecule has 25 heteroatoms. The van der Waals surface area contributed by atoms with Gasteiger partial charge in [-0.2, -0.15) is 0 Å². The number of pyridine rings is 4. The Labute approximate surface area is 691 Å². The molecule has 0 bridgehead atoms. The van der Waals surface area contributed by atoms with E-state index >= 15 is 0 Å². The molecule has 4 aliphatic rings. The summed E-state index contributed by atoms with van der Waals surface area (Å²) in [7, 11) is 1.72. The van der Waals surface area contributed by atoms with Gasteiger partial charge in [0.05, 0.1) is 41.6 Å². The zero-order chi connectivity index (χ0) is 78.9. The number of nitrogens with zero attached hydrogens (tertiary/aromatic N) is 8. The molecule has 3 aliphatic heterocycles. The smallest absolute Gasteiger partial charge is 0.221 e. The van der Waals surface area contributed by atoms with Gasteiger partial charge >= 0.3 is 0 Å². The van der Waals surface area contributed by atoms with E-state index in [-0.39, 0.29) is 5.91 Å². The van der Waals surface area contributed by atoms with E-state index in [2.05, 4.69) is 87.1 Å². The Morgan fingerprint density at radius 1 is 0.464 bits per heavy atom. The number of thiazole rings is 4. The number of carbonyl (C=O) groups is 4. The van der Waals surface area contributed by atoms with E-state index in [1.165, 1.54) is 111 Å². The number of methoxy groups -OCH3 is 1. The van der Waals surface area contributed by atoms with Gasteiger partial charge in [0, 0.05) is 158 Å². The van der Waals surface area contributed by atoms with Gasteiger partial charge in [-0.05, 0) is 197 Å². The molecule has 12 aromatic heterocycles. The Bertz CT molecular complexity index is 5390. The molecular weight excluding hydrogens is 1550 g/mol. The van der Waals surface area contributed by atoms with Gasteiger partial charge in [0.25, 0.3) is 0 Å². The van der Waals surface area contributed by atoms with E-state index in [0.29, 0.717) is 67.7 Å². The molecule has 0 unspecified atom stereocenters. The number of fused-ring (bicyclic) bond motifs is 8. The first-order valence-corrected chi connectivity index (χ1v) is 46.6. The molecule has 17 nitrogen and oxygen atoms in total. The Morgan fingerprint density at radius 3 is 1.30 bits per heavy atom. The summed E-state index contributed by atoms with van der Waals surface area (Å²) in [5.74, 6) is 2.38. The predicted octanol–water partition coefficient (Wildman–Crippen LogP) is 21.2. The molecule has 0 saturated heterocycles. The summed E-state index contributed by atoms with van der Waals surface area (Å²) < 4.78 is 9.80. The molecule has 15 heterocycles. The fourth-order valence-corrected chi connectivity index (χ4v) is 25.9. The number of thiophene rings is 4. The van der Waals surface area contributed by atoms with Crippen LogP contribution in [0.15, 0.2) is 30.5 Å². The molecule has 1 aliphatic carbocycles. The first-order valence-electron chi connectivity index (χ1n) is 40.0. The monoisotopic (exact) mass is 1650 g/mol. The van der Waals surface area contributed by atoms with Gasteiger partial charge < -0.3 is 26.0 Å². The van der Waals surface area contributed by atoms with Crippen LogP contribution in [0, 0.1) is 60.3 Å². The van der Waals surface area contributed by atoms with Crippen molar-refractivity contribution in [3.05, 3.63) is 127 Å². The SMILES string of the molecule is CC(=O)Nc1sc2c(c1-c1nc3c(C)nc(C)cc3s1)CCCC2.CC[C@H](C)CCCC(=O)Cc1sc2c(c1-c1nc3c(C)nccc3s1)CCNC2.COCCCCCC(=O)Cc1sc2c(c1-c1nc3c(C)nc(C)cc3s1)CCNC2.Cc1cc2sc(-c3c(CC(=O)CCCC(C)C)sc4c3CCNC4)nc2c(C)n1. The molecule has 0 saturated carbocycles. The summed E-state index contributed by atoms with van der Waals surface area (Å²) in [4.78, 5) is 96.9. The van der Waals surface area contributed by atoms with Crippen molar-refractivity contribution < 1.29 is 23.9 Å². The fourth-order valence-electron chi connectivity index (χ4n) is 15.5. The highest BCUT2D eigenvalue weighted by Crippen LogP contribution is 2.49. The number of ether oxygens (including phenoxy) is 1. The number of rotatable bonds is 26. The van der Waals surface area contributed by atoms with E-state index in [0.717, 1.165) is 215 Å². The number of ketones is 3. The van der Waals surface area contributed by atoms with Crippen LogP contribution in [0.2, 0.25) is 0 Å². The normalized spacial score (nSPS) is 14.1. The Morgan fingerprint density at radius 2 is 0.875 bits per heavy atom. The highest BCUT2D eigenvalue weighted by Gasteiger charge is 2.31. The number of nitrogens with one attached hydrogen (secondary N) is 4. The van der Waals surface area contributed by atoms with Gasteiger partial charge in [0.2, 0.25) is 5.91 Å². The number of carbonyl (C=O) groups excluding carboxylic acids is 4. The van der Waals surface area contributed by atoms with E-state index in [1.54, 1.807) is 82.1 Å². The minimum Gasteiger partial charge on any atom is -0.385 e. The highest BCUT2D eigenvalue weighted by molar-refractivity contribution is 7.24. The van der Waals surface area contributed by atoms with Gasteiger partial charge in [-0.15, -0.1) is 90.7 Å². The number of anilines is 1. The first kappa shape index (κ1) is 83.2. The first-order chi connectivity index (χ1) is 54.1. The summed E-state index contributed by atoms with van der Waals surface area (Å²) in [6, 6.07) is 8.39. The number of Topliss-reactive ketones (excluding diaryl/α,β-unsaturated/α-hetero) is 3. The maximum atomic E-state index is 12.8. The van der Waals surface area contributed by atoms with E-state index in [1.807, 2.05) is 83.4 Å². The van der Waals surface area contributed by atoms with Gasteiger partial charge in [0.15, 0.2) is 0 Å². The maximum Gasteiger partial charge on any atom is 0.221 e. The summed E-state index contributed by atoms with van der Waals surface area (Å²) >= 11 is 14.1. The van der Waals surface area contributed by atoms with Crippen LogP contribution in [0.1, 0.15) is 214 Å². The molecule has 4 N–H and O–H groups in total. The van der Waals surface area contributed by atoms with Crippen LogP contribution in [0.25, 0.3) is 83.2 Å². The third-order valence-electron chi connectivity index (χ3n) is 21.3. The van der Waals surface area contributed by atoms with E-state index in [4.69, 9.17) is 24.7 Å². The van der Waals surface area contributed by atoms with Crippen molar-refractivity contribution in [3.63, 3.8) is 0 Å². The number of hydrogen-bond donors (Lipinski definition) is 4. The topological polar surface area (TPSA) is 229 Å². The largest absolute Gasteiger partial charge is 0.385 e. The van der Waals surface area contributed by atoms with E-state index in [9.17, 15) is 19.2 Å². The fraction of sp³-hybridized carbons (Fsp3) is 0.494. The molecule has 592 valence electrons. The van der Waals surface area contributed by atoms with Gasteiger partial charge in [0.1, 0.15) is 64.4 Å². The number of hydrogen-bond acceptors (Lipinski definition) is 24. The predicted molar refractivity (Wildman–Crippen MR) is 472 cm³/mol. The molecule has 1 atom stereocenters. The Kier molecular flexibility index (Phi) is 28.5. The molecule has 16 rings (SSSR count). The lowest BCUT2D eigenvalue weighted by Crippen LogP contribution is -2.22. The average molecular weight is 1660 g/mol. The molecule has 0 fully saturated rings. The van der Waals surface area contributed by atoms with E-state index < -0.39 is 0 Å². The highest BCUT2D eigenvalue weighted by atomic mass is 32.1. The Balaban J connectivity index is 0.000000131. The third kappa shape index (κ3) is 20.0. The zero-order valence-corrected chi connectivity index (χ0v) is 73.8. The summed E-state index contributed by atoms with van der Waals surface area (Å²) in [5, 5.41) is 18.6. The second-order valence-electron chi connectivity index (χ2n) is 30.8. The molecule has 112 heavy (non-hydrogen) atoms. The van der Waals surface area contributed by atoms with Crippen LogP contribution in [-0.2, 0) is 94.9 Å². The maximum absolute atomic E-state index is 12.8. The van der Waals surface area contributed by atoms with Crippen LogP contribution in [0.4, 0.5) is 5.00 Å². The average Bonchev–Trinajstić information content (AvgIpc) is 1.63. The van der Waals surface area contributed by atoms with Crippen molar-refractivity contribution in [3.8, 4) is 42.3 Å². The number of aromatic nitrogens is 8. The minimum atomic E-state index is -0.0235. The van der Waals surface area contributed by atoms with Crippen molar-refractivity contribution in [1.29, 1.82) is 0 Å². The number of aryl methyl sites for hydroxylation is 8. The quantitative estimate of drug-likeness (QED) is 0.0370. The minimum absolute atomic E-state index is 0.0235. The Hall–Kier alpha value is -6.72. The van der Waals surface area contributed by atoms with Crippen LogP contribution in [0.3, 0.4) is 0 Å². The van der Waals surface area contributed by atoms with Crippen molar-refractivity contribution >= 4 is 160 Å². The second kappa shape index (κ2) is 38.4. The van der Waals surface area contributed by atoms with Crippen LogP contribution in [-0.4, -0.2) is 96.5 Å². The molecule has 0 spiro atoms. The third-order valence-corrected chi connectivity index (χ3v) is 30.3. The molecule has 0 aromatic carbocycles.